The fourth-order valence-electron chi connectivity index (χ4n) is 2.72. The van der Waals surface area contributed by atoms with Crippen LogP contribution < -0.4 is 0 Å². The quantitative estimate of drug-likeness (QED) is 0.756. The van der Waals surface area contributed by atoms with Gasteiger partial charge in [-0.2, -0.15) is 11.8 Å². The van der Waals surface area contributed by atoms with Gasteiger partial charge in [-0.25, -0.2) is 0 Å². The van der Waals surface area contributed by atoms with Crippen molar-refractivity contribution in [2.24, 2.45) is 11.3 Å². The summed E-state index contributed by atoms with van der Waals surface area (Å²) in [4.78, 5) is 0. The zero-order valence-corrected chi connectivity index (χ0v) is 9.28. The largest absolute Gasteiger partial charge is 0.392 e. The Balaban J connectivity index is 1.88. The number of aliphatic hydroxyl groups is 1. The summed E-state index contributed by atoms with van der Waals surface area (Å²) in [5.41, 5.74) is 0.635. The molecule has 2 fully saturated rings. The Labute approximate surface area is 85.3 Å². The van der Waals surface area contributed by atoms with Gasteiger partial charge in [-0.1, -0.05) is 19.8 Å². The van der Waals surface area contributed by atoms with E-state index in [0.717, 1.165) is 5.75 Å². The first-order valence-corrected chi connectivity index (χ1v) is 6.67. The molecule has 76 valence electrons. The van der Waals surface area contributed by atoms with Crippen molar-refractivity contribution < 1.29 is 5.11 Å². The molecule has 1 aliphatic heterocycles. The minimum Gasteiger partial charge on any atom is -0.392 e. The summed E-state index contributed by atoms with van der Waals surface area (Å²) in [6.45, 7) is 2.31. The van der Waals surface area contributed by atoms with Crippen LogP contribution in [0.3, 0.4) is 0 Å². The van der Waals surface area contributed by atoms with Crippen LogP contribution in [0.25, 0.3) is 0 Å². The van der Waals surface area contributed by atoms with Gasteiger partial charge in [0.1, 0.15) is 0 Å². The average Bonchev–Trinajstić information content (AvgIpc) is 2.44. The standard InChI is InChI=1S/C11H20OS/c1-2-11(4-3-5-11)6-9-7-13-8-10(9)12/h9-10,12H,2-8H2,1H3. The molecule has 0 aromatic rings. The van der Waals surface area contributed by atoms with Gasteiger partial charge in [-0.15, -0.1) is 0 Å². The first kappa shape index (κ1) is 9.85. The van der Waals surface area contributed by atoms with Crippen molar-refractivity contribution in [3.63, 3.8) is 0 Å². The van der Waals surface area contributed by atoms with Gasteiger partial charge < -0.3 is 5.11 Å². The van der Waals surface area contributed by atoms with Crippen LogP contribution in [-0.2, 0) is 0 Å². The SMILES string of the molecule is CCC1(CC2CSCC2O)CCC1. The Morgan fingerprint density at radius 2 is 2.15 bits per heavy atom. The first-order valence-electron chi connectivity index (χ1n) is 5.51. The predicted molar refractivity (Wildman–Crippen MR) is 58.0 cm³/mol. The van der Waals surface area contributed by atoms with Gasteiger partial charge in [0.15, 0.2) is 0 Å². The van der Waals surface area contributed by atoms with E-state index < -0.39 is 0 Å². The normalized spacial score (nSPS) is 37.4. The van der Waals surface area contributed by atoms with Gasteiger partial charge in [0.25, 0.3) is 0 Å². The highest BCUT2D eigenvalue weighted by Crippen LogP contribution is 2.50. The molecular formula is C11H20OS. The van der Waals surface area contributed by atoms with Crippen molar-refractivity contribution in [1.82, 2.24) is 0 Å². The maximum Gasteiger partial charge on any atom is 0.0666 e. The van der Waals surface area contributed by atoms with Gasteiger partial charge in [-0.05, 0) is 36.3 Å². The van der Waals surface area contributed by atoms with Crippen LogP contribution in [0.15, 0.2) is 0 Å². The second-order valence-electron chi connectivity index (χ2n) is 4.78. The van der Waals surface area contributed by atoms with Gasteiger partial charge in [0.2, 0.25) is 0 Å². The van der Waals surface area contributed by atoms with Crippen LogP contribution in [-0.4, -0.2) is 22.7 Å². The molecule has 0 radical (unpaired) electrons. The van der Waals surface area contributed by atoms with Crippen LogP contribution in [0.1, 0.15) is 39.0 Å². The first-order chi connectivity index (χ1) is 6.26. The van der Waals surface area contributed by atoms with Crippen LogP contribution >= 0.6 is 11.8 Å². The molecule has 0 spiro atoms. The maximum absolute atomic E-state index is 9.75. The van der Waals surface area contributed by atoms with E-state index in [9.17, 15) is 5.11 Å². The number of hydrogen-bond acceptors (Lipinski definition) is 2. The molecule has 2 unspecified atom stereocenters. The molecule has 2 heteroatoms. The lowest BCUT2D eigenvalue weighted by Gasteiger charge is -2.43. The van der Waals surface area contributed by atoms with Crippen molar-refractivity contribution in [1.29, 1.82) is 0 Å². The van der Waals surface area contributed by atoms with Gasteiger partial charge in [-0.3, -0.25) is 0 Å². The molecule has 0 bridgehead atoms. The van der Waals surface area contributed by atoms with Crippen LogP contribution in [0, 0.1) is 11.3 Å². The molecule has 0 amide bonds. The van der Waals surface area contributed by atoms with E-state index in [2.05, 4.69) is 6.92 Å². The molecule has 13 heavy (non-hydrogen) atoms. The lowest BCUT2D eigenvalue weighted by Crippen LogP contribution is -2.34. The fraction of sp³-hybridized carbons (Fsp3) is 1.00. The number of aliphatic hydroxyl groups excluding tert-OH is 1. The lowest BCUT2D eigenvalue weighted by atomic mass is 9.62. The summed E-state index contributed by atoms with van der Waals surface area (Å²) < 4.78 is 0. The monoisotopic (exact) mass is 200 g/mol. The highest BCUT2D eigenvalue weighted by Gasteiger charge is 2.40. The van der Waals surface area contributed by atoms with E-state index in [1.807, 2.05) is 11.8 Å². The molecule has 1 nitrogen and oxygen atoms in total. The third-order valence-corrected chi connectivity index (χ3v) is 5.27. The van der Waals surface area contributed by atoms with Crippen molar-refractivity contribution in [3.8, 4) is 0 Å². The molecule has 1 saturated heterocycles. The second-order valence-corrected chi connectivity index (χ2v) is 5.85. The summed E-state index contributed by atoms with van der Waals surface area (Å²) in [6, 6.07) is 0. The molecule has 2 rings (SSSR count). The summed E-state index contributed by atoms with van der Waals surface area (Å²) in [5, 5.41) is 9.75. The maximum atomic E-state index is 9.75. The molecule has 1 heterocycles. The number of hydrogen-bond donors (Lipinski definition) is 1. The topological polar surface area (TPSA) is 20.2 Å². The Morgan fingerprint density at radius 1 is 1.38 bits per heavy atom. The summed E-state index contributed by atoms with van der Waals surface area (Å²) in [7, 11) is 0. The van der Waals surface area contributed by atoms with Gasteiger partial charge in [0.05, 0.1) is 6.10 Å². The van der Waals surface area contributed by atoms with E-state index in [-0.39, 0.29) is 6.10 Å². The van der Waals surface area contributed by atoms with E-state index in [4.69, 9.17) is 0 Å². The van der Waals surface area contributed by atoms with Crippen LogP contribution in [0.2, 0.25) is 0 Å². The Hall–Kier alpha value is 0.310. The van der Waals surface area contributed by atoms with E-state index in [1.165, 1.54) is 37.9 Å². The number of rotatable bonds is 3. The van der Waals surface area contributed by atoms with Crippen molar-refractivity contribution >= 4 is 11.8 Å². The highest BCUT2D eigenvalue weighted by atomic mass is 32.2. The van der Waals surface area contributed by atoms with Crippen molar-refractivity contribution in [3.05, 3.63) is 0 Å². The van der Waals surface area contributed by atoms with Gasteiger partial charge in [0, 0.05) is 5.75 Å². The van der Waals surface area contributed by atoms with E-state index >= 15 is 0 Å². The Morgan fingerprint density at radius 3 is 2.54 bits per heavy atom. The summed E-state index contributed by atoms with van der Waals surface area (Å²) >= 11 is 1.93. The average molecular weight is 200 g/mol. The molecule has 1 saturated carbocycles. The van der Waals surface area contributed by atoms with E-state index in [1.54, 1.807) is 0 Å². The molecule has 0 aromatic carbocycles. The van der Waals surface area contributed by atoms with Gasteiger partial charge >= 0.3 is 0 Å². The molecule has 2 aliphatic rings. The zero-order valence-electron chi connectivity index (χ0n) is 8.46. The zero-order chi connectivity index (χ0) is 9.31. The molecule has 1 N–H and O–H groups in total. The lowest BCUT2D eigenvalue weighted by molar-refractivity contribution is 0.0509. The fourth-order valence-corrected chi connectivity index (χ4v) is 4.01. The number of thioether (sulfide) groups is 1. The summed E-state index contributed by atoms with van der Waals surface area (Å²) in [6.07, 6.45) is 6.85. The minimum absolute atomic E-state index is 0.00553. The Kier molecular flexibility index (Phi) is 2.89. The molecule has 0 aromatic heterocycles. The van der Waals surface area contributed by atoms with Crippen LogP contribution in [0.5, 0.6) is 0 Å². The minimum atomic E-state index is -0.00553. The molecule has 2 atom stereocenters. The second kappa shape index (κ2) is 3.82. The molecule has 1 aliphatic carbocycles. The highest BCUT2D eigenvalue weighted by molar-refractivity contribution is 7.99. The predicted octanol–water partition coefficient (Wildman–Crippen LogP) is 2.68. The third-order valence-electron chi connectivity index (χ3n) is 4.02. The van der Waals surface area contributed by atoms with Crippen molar-refractivity contribution in [2.45, 2.75) is 45.1 Å². The molecular weight excluding hydrogens is 180 g/mol. The van der Waals surface area contributed by atoms with Crippen LogP contribution in [0.4, 0.5) is 0 Å². The Bertz CT molecular complexity index is 171. The van der Waals surface area contributed by atoms with E-state index in [0.29, 0.717) is 11.3 Å². The van der Waals surface area contributed by atoms with Crippen molar-refractivity contribution in [2.75, 3.05) is 11.5 Å². The third kappa shape index (κ3) is 1.89. The summed E-state index contributed by atoms with van der Waals surface area (Å²) in [5.74, 6) is 2.78. The smallest absolute Gasteiger partial charge is 0.0666 e.